The Bertz CT molecular complexity index is 272. The summed E-state index contributed by atoms with van der Waals surface area (Å²) in [5, 5.41) is 8.54. The lowest BCUT2D eigenvalue weighted by atomic mass is 10.1. The Labute approximate surface area is 77.2 Å². The number of aliphatic carboxylic acids is 1. The largest absolute Gasteiger partial charge is 0.480 e. The van der Waals surface area contributed by atoms with Gasteiger partial charge < -0.3 is 10.8 Å². The fraction of sp³-hybridized carbons (Fsp3) is 0.300. The van der Waals surface area contributed by atoms with Crippen LogP contribution in [0.4, 0.5) is 0 Å². The summed E-state index contributed by atoms with van der Waals surface area (Å²) in [4.78, 5) is 10.4. The van der Waals surface area contributed by atoms with E-state index in [1.165, 1.54) is 0 Å². The maximum atomic E-state index is 10.4. The molecule has 0 saturated heterocycles. The predicted molar refractivity (Wildman–Crippen MR) is 50.4 cm³/mol. The Morgan fingerprint density at radius 3 is 2.54 bits per heavy atom. The molecule has 0 saturated carbocycles. The molecule has 3 N–H and O–H groups in total. The Morgan fingerprint density at radius 1 is 1.38 bits per heavy atom. The van der Waals surface area contributed by atoms with Crippen LogP contribution in [0.2, 0.25) is 0 Å². The monoisotopic (exact) mass is 180 g/mol. The average Bonchev–Trinajstić information content (AvgIpc) is 2.15. The van der Waals surface area contributed by atoms with Gasteiger partial charge in [-0.1, -0.05) is 30.3 Å². The van der Waals surface area contributed by atoms with Gasteiger partial charge in [-0.2, -0.15) is 0 Å². The van der Waals surface area contributed by atoms with E-state index in [2.05, 4.69) is 0 Å². The highest BCUT2D eigenvalue weighted by Crippen LogP contribution is 2.03. The van der Waals surface area contributed by atoms with Gasteiger partial charge in [-0.3, -0.25) is 4.79 Å². The summed E-state index contributed by atoms with van der Waals surface area (Å²) in [5.41, 5.74) is 6.49. The third kappa shape index (κ3) is 3.25. The molecular weight excluding hydrogens is 167 g/mol. The van der Waals surface area contributed by atoms with Crippen molar-refractivity contribution < 1.29 is 9.90 Å². The van der Waals surface area contributed by atoms with Crippen LogP contribution in [0.5, 0.6) is 0 Å². The summed E-state index contributed by atoms with van der Waals surface area (Å²) >= 11 is 0. The van der Waals surface area contributed by atoms with Crippen molar-refractivity contribution in [2.75, 3.05) is 0 Å². The van der Waals surface area contributed by atoms with Gasteiger partial charge in [0.25, 0.3) is 0 Å². The van der Waals surface area contributed by atoms with Crippen LogP contribution in [0.15, 0.2) is 30.3 Å². The van der Waals surface area contributed by atoms with E-state index in [-0.39, 0.29) is 0 Å². The van der Waals surface area contributed by atoms with Crippen molar-refractivity contribution in [3.8, 4) is 0 Å². The van der Waals surface area contributed by atoms with E-state index < -0.39 is 12.0 Å². The Kier molecular flexibility index (Phi) is 3.46. The van der Waals surface area contributed by atoms with Crippen LogP contribution in [-0.4, -0.2) is 17.1 Å². The second-order valence-corrected chi connectivity index (χ2v) is 2.97. The molecule has 1 unspecified atom stereocenters. The van der Waals surface area contributed by atoms with E-state index in [1.54, 1.807) is 0 Å². The van der Waals surface area contributed by atoms with Crippen molar-refractivity contribution in [3.63, 3.8) is 0 Å². The van der Waals surface area contributed by atoms with Gasteiger partial charge in [0.1, 0.15) is 6.04 Å². The maximum absolute atomic E-state index is 10.4. The quantitative estimate of drug-likeness (QED) is 0.680. The minimum absolute atomic E-state index is 0.485. The molecule has 13 heavy (non-hydrogen) atoms. The standard InChI is InChI=1S/C10H13NO2/c11-9(10(12)13)7-6-8-4-2-1-3-5-8/h1-5,9H,6-7,11H2,(H,12,13)/i10+1. The molecule has 70 valence electrons. The van der Waals surface area contributed by atoms with Gasteiger partial charge in [0.05, 0.1) is 0 Å². The van der Waals surface area contributed by atoms with Gasteiger partial charge in [-0.15, -0.1) is 0 Å². The zero-order valence-electron chi connectivity index (χ0n) is 7.31. The minimum atomic E-state index is -0.934. The number of carboxylic acids is 1. The van der Waals surface area contributed by atoms with Crippen LogP contribution in [0, 0.1) is 0 Å². The molecule has 3 nitrogen and oxygen atoms in total. The van der Waals surface area contributed by atoms with Gasteiger partial charge in [0.15, 0.2) is 0 Å². The molecule has 0 bridgehead atoms. The summed E-state index contributed by atoms with van der Waals surface area (Å²) in [6.45, 7) is 0. The molecule has 0 aliphatic rings. The predicted octanol–water partition coefficient (Wildman–Crippen LogP) is 1.03. The number of benzene rings is 1. The number of hydrogen-bond donors (Lipinski definition) is 2. The molecule has 3 heteroatoms. The summed E-state index contributed by atoms with van der Waals surface area (Å²) in [6, 6.07) is 8.98. The Morgan fingerprint density at radius 2 is 2.00 bits per heavy atom. The molecule has 0 heterocycles. The molecule has 1 rings (SSSR count). The van der Waals surface area contributed by atoms with E-state index in [9.17, 15) is 4.79 Å². The molecule has 1 aromatic carbocycles. The number of aryl methyl sites for hydroxylation is 1. The first-order valence-corrected chi connectivity index (χ1v) is 4.22. The summed E-state index contributed by atoms with van der Waals surface area (Å²) < 4.78 is 0. The molecule has 0 radical (unpaired) electrons. The number of carbonyl (C=O) groups is 1. The molecule has 1 aromatic rings. The fourth-order valence-electron chi connectivity index (χ4n) is 1.09. The van der Waals surface area contributed by atoms with Crippen LogP contribution in [-0.2, 0) is 11.2 Å². The third-order valence-corrected chi connectivity index (χ3v) is 1.90. The second kappa shape index (κ2) is 4.62. The number of hydrogen-bond acceptors (Lipinski definition) is 2. The summed E-state index contributed by atoms with van der Waals surface area (Å²) in [5.74, 6) is -0.934. The van der Waals surface area contributed by atoms with Crippen LogP contribution in [0.3, 0.4) is 0 Å². The first-order valence-electron chi connectivity index (χ1n) is 4.22. The van der Waals surface area contributed by atoms with Crippen molar-refractivity contribution in [1.29, 1.82) is 0 Å². The molecule has 0 aromatic heterocycles. The molecule has 0 fully saturated rings. The first kappa shape index (κ1) is 9.74. The molecular formula is C10H13NO2. The number of rotatable bonds is 4. The SMILES string of the molecule is NC(CCc1ccccc1)[13C](=O)O. The minimum Gasteiger partial charge on any atom is -0.480 e. The average molecular weight is 180 g/mol. The molecule has 0 spiro atoms. The normalized spacial score (nSPS) is 12.4. The van der Waals surface area contributed by atoms with Crippen molar-refractivity contribution >= 4 is 5.97 Å². The summed E-state index contributed by atoms with van der Waals surface area (Å²) in [6.07, 6.45) is 1.20. The van der Waals surface area contributed by atoms with Gasteiger partial charge in [0.2, 0.25) is 0 Å². The van der Waals surface area contributed by atoms with Crippen LogP contribution < -0.4 is 5.73 Å². The highest BCUT2D eigenvalue weighted by molar-refractivity contribution is 5.73. The number of carboxylic acid groups (broad SMARTS) is 1. The first-order chi connectivity index (χ1) is 6.20. The number of nitrogens with two attached hydrogens (primary N) is 1. The lowest BCUT2D eigenvalue weighted by Gasteiger charge is -2.05. The van der Waals surface area contributed by atoms with Crippen molar-refractivity contribution in [2.45, 2.75) is 18.9 Å². The van der Waals surface area contributed by atoms with E-state index in [4.69, 9.17) is 10.8 Å². The third-order valence-electron chi connectivity index (χ3n) is 1.90. The summed E-state index contributed by atoms with van der Waals surface area (Å²) in [7, 11) is 0. The molecule has 0 aliphatic heterocycles. The van der Waals surface area contributed by atoms with Crippen molar-refractivity contribution in [2.24, 2.45) is 5.73 Å². The van der Waals surface area contributed by atoms with Crippen LogP contribution in [0.25, 0.3) is 0 Å². The van der Waals surface area contributed by atoms with E-state index in [0.29, 0.717) is 12.8 Å². The zero-order chi connectivity index (χ0) is 9.68. The lowest BCUT2D eigenvalue weighted by Crippen LogP contribution is -2.30. The molecule has 0 amide bonds. The van der Waals surface area contributed by atoms with Gasteiger partial charge in [-0.25, -0.2) is 0 Å². The molecule has 0 aliphatic carbocycles. The van der Waals surface area contributed by atoms with Gasteiger partial charge >= 0.3 is 5.97 Å². The highest BCUT2D eigenvalue weighted by Gasteiger charge is 2.10. The van der Waals surface area contributed by atoms with Crippen LogP contribution in [0.1, 0.15) is 12.0 Å². The van der Waals surface area contributed by atoms with E-state index in [0.717, 1.165) is 5.56 Å². The second-order valence-electron chi connectivity index (χ2n) is 2.97. The Balaban J connectivity index is 2.39. The van der Waals surface area contributed by atoms with Gasteiger partial charge in [-0.05, 0) is 18.4 Å². The van der Waals surface area contributed by atoms with E-state index >= 15 is 0 Å². The smallest absolute Gasteiger partial charge is 0.320 e. The Hall–Kier alpha value is -1.35. The maximum Gasteiger partial charge on any atom is 0.320 e. The van der Waals surface area contributed by atoms with Crippen molar-refractivity contribution in [3.05, 3.63) is 35.9 Å². The lowest BCUT2D eigenvalue weighted by molar-refractivity contribution is -0.138. The van der Waals surface area contributed by atoms with E-state index in [1.807, 2.05) is 30.3 Å². The van der Waals surface area contributed by atoms with Crippen molar-refractivity contribution in [1.82, 2.24) is 0 Å². The fourth-order valence-corrected chi connectivity index (χ4v) is 1.09. The topological polar surface area (TPSA) is 63.3 Å². The van der Waals surface area contributed by atoms with Gasteiger partial charge in [0, 0.05) is 0 Å². The highest BCUT2D eigenvalue weighted by atomic mass is 16.5. The zero-order valence-corrected chi connectivity index (χ0v) is 7.31. The van der Waals surface area contributed by atoms with Crippen LogP contribution >= 0.6 is 0 Å². The molecule has 1 atom stereocenters.